The van der Waals surface area contributed by atoms with E-state index in [4.69, 9.17) is 4.42 Å². The van der Waals surface area contributed by atoms with Crippen LogP contribution >= 0.6 is 11.8 Å². The summed E-state index contributed by atoms with van der Waals surface area (Å²) in [5, 5.41) is 25.3. The molecule has 5 rings (SSSR count). The molecule has 1 aromatic heterocycles. The van der Waals surface area contributed by atoms with Crippen molar-refractivity contribution in [2.75, 3.05) is 17.3 Å². The number of hydrogen-bond donors (Lipinski definition) is 2. The molecule has 7 nitrogen and oxygen atoms in total. The molecule has 1 atom stereocenters. The lowest BCUT2D eigenvalue weighted by molar-refractivity contribution is -0.383. The van der Waals surface area contributed by atoms with Crippen molar-refractivity contribution in [3.63, 3.8) is 0 Å². The van der Waals surface area contributed by atoms with Crippen LogP contribution in [0.1, 0.15) is 17.7 Å². The minimum Gasteiger partial charge on any atom is -0.480 e. The topological polar surface area (TPSA) is 106 Å². The molecule has 40 heavy (non-hydrogen) atoms. The fraction of sp³-hybridized carbons (Fsp3) is 0.156. The molecule has 0 radical (unpaired) electrons. The summed E-state index contributed by atoms with van der Waals surface area (Å²) in [5.41, 5.74) is 5.50. The van der Waals surface area contributed by atoms with Gasteiger partial charge in [0.15, 0.2) is 0 Å². The van der Waals surface area contributed by atoms with Crippen molar-refractivity contribution in [1.82, 2.24) is 0 Å². The van der Waals surface area contributed by atoms with Gasteiger partial charge in [0.05, 0.1) is 4.92 Å². The van der Waals surface area contributed by atoms with E-state index in [1.54, 1.807) is 12.1 Å². The Balaban J connectivity index is 1.47. The number of nitro benzene ring substituents is 1. The van der Waals surface area contributed by atoms with E-state index >= 15 is 0 Å². The van der Waals surface area contributed by atoms with Gasteiger partial charge < -0.3 is 14.8 Å². The number of anilines is 1. The number of carboxylic acid groups (broad SMARTS) is 1. The summed E-state index contributed by atoms with van der Waals surface area (Å²) in [5.74, 6) is 0.461. The Morgan fingerprint density at radius 1 is 0.950 bits per heavy atom. The number of nitrogens with one attached hydrogen (secondary N) is 1. The van der Waals surface area contributed by atoms with Crippen LogP contribution < -0.4 is 5.32 Å². The van der Waals surface area contributed by atoms with Gasteiger partial charge in [0, 0.05) is 23.4 Å². The Hall–Kier alpha value is -4.56. The van der Waals surface area contributed by atoms with Gasteiger partial charge in [-0.25, -0.2) is 4.79 Å². The normalized spacial score (nSPS) is 11.8. The molecule has 0 aliphatic rings. The lowest BCUT2D eigenvalue weighted by Crippen LogP contribution is -2.30. The molecule has 1 unspecified atom stereocenters. The lowest BCUT2D eigenvalue weighted by atomic mass is 9.96. The second kappa shape index (κ2) is 12.1. The van der Waals surface area contributed by atoms with Crippen molar-refractivity contribution < 1.29 is 19.2 Å². The molecular formula is C32H28N2O5S. The van der Waals surface area contributed by atoms with Gasteiger partial charge in [0.1, 0.15) is 23.1 Å². The Labute approximate surface area is 236 Å². The minimum atomic E-state index is -1.04. The Morgan fingerprint density at radius 2 is 1.62 bits per heavy atom. The van der Waals surface area contributed by atoms with Gasteiger partial charge in [0.25, 0.3) is 5.69 Å². The molecule has 0 spiro atoms. The van der Waals surface area contributed by atoms with Gasteiger partial charge >= 0.3 is 5.97 Å². The van der Waals surface area contributed by atoms with Crippen LogP contribution in [0.25, 0.3) is 33.2 Å². The summed E-state index contributed by atoms with van der Waals surface area (Å²) in [6, 6.07) is 29.9. The highest BCUT2D eigenvalue weighted by atomic mass is 32.2. The van der Waals surface area contributed by atoms with E-state index < -0.39 is 16.9 Å². The maximum atomic E-state index is 11.9. The van der Waals surface area contributed by atoms with Crippen LogP contribution in [0.5, 0.6) is 0 Å². The van der Waals surface area contributed by atoms with E-state index in [9.17, 15) is 20.0 Å². The number of rotatable bonds is 11. The van der Waals surface area contributed by atoms with Crippen LogP contribution in [-0.4, -0.2) is 34.0 Å². The standard InChI is InChI=1S/C32H28N2O5S/c1-40-18-17-27(32(35)36)33-26-16-15-24(20-28(26)34(37)38)22-11-13-23(14-12-22)31-25-9-5-6-10-29(25)39-30(31)19-21-7-3-2-4-8-21/h2-16,20,27,33H,17-19H2,1H3,(H,35,36). The van der Waals surface area contributed by atoms with E-state index in [1.165, 1.54) is 17.8 Å². The number of hydrogen-bond acceptors (Lipinski definition) is 6. The number of aliphatic carboxylic acids is 1. The third-order valence-corrected chi connectivity index (χ3v) is 7.46. The second-order valence-corrected chi connectivity index (χ2v) is 10.4. The van der Waals surface area contributed by atoms with Crippen molar-refractivity contribution in [2.45, 2.75) is 18.9 Å². The maximum Gasteiger partial charge on any atom is 0.326 e. The molecule has 2 N–H and O–H groups in total. The molecule has 0 amide bonds. The fourth-order valence-corrected chi connectivity index (χ4v) is 5.28. The quantitative estimate of drug-likeness (QED) is 0.127. The van der Waals surface area contributed by atoms with E-state index in [0.29, 0.717) is 24.2 Å². The molecule has 0 bridgehead atoms. The first-order valence-electron chi connectivity index (χ1n) is 12.9. The van der Waals surface area contributed by atoms with Gasteiger partial charge in [-0.3, -0.25) is 10.1 Å². The molecule has 0 fully saturated rings. The molecule has 4 aromatic carbocycles. The molecule has 0 aliphatic heterocycles. The first-order chi connectivity index (χ1) is 19.4. The number of nitrogens with zero attached hydrogens (tertiary/aromatic N) is 1. The van der Waals surface area contributed by atoms with E-state index in [0.717, 1.165) is 39.0 Å². The summed E-state index contributed by atoms with van der Waals surface area (Å²) >= 11 is 1.53. The van der Waals surface area contributed by atoms with Crippen molar-refractivity contribution in [1.29, 1.82) is 0 Å². The Kier molecular flexibility index (Phi) is 8.17. The number of thioether (sulfide) groups is 1. The van der Waals surface area contributed by atoms with Gasteiger partial charge in [-0.1, -0.05) is 78.9 Å². The molecule has 1 heterocycles. The highest BCUT2D eigenvalue weighted by molar-refractivity contribution is 7.98. The van der Waals surface area contributed by atoms with Crippen LogP contribution in [0.4, 0.5) is 11.4 Å². The van der Waals surface area contributed by atoms with Gasteiger partial charge in [-0.15, -0.1) is 0 Å². The Morgan fingerprint density at radius 3 is 2.33 bits per heavy atom. The monoisotopic (exact) mass is 552 g/mol. The van der Waals surface area contributed by atoms with Crippen molar-refractivity contribution >= 4 is 40.1 Å². The van der Waals surface area contributed by atoms with Crippen LogP contribution in [0.15, 0.2) is 101 Å². The third kappa shape index (κ3) is 5.87. The minimum absolute atomic E-state index is 0.164. The number of carbonyl (C=O) groups is 1. The third-order valence-electron chi connectivity index (χ3n) is 6.82. The van der Waals surface area contributed by atoms with Crippen molar-refractivity contribution in [3.8, 4) is 22.3 Å². The smallest absolute Gasteiger partial charge is 0.326 e. The molecule has 8 heteroatoms. The summed E-state index contributed by atoms with van der Waals surface area (Å²) in [7, 11) is 0. The number of para-hydroxylation sites is 1. The molecule has 0 saturated heterocycles. The first-order valence-corrected chi connectivity index (χ1v) is 14.3. The van der Waals surface area contributed by atoms with E-state index in [2.05, 4.69) is 23.5 Å². The molecule has 0 saturated carbocycles. The van der Waals surface area contributed by atoms with Crippen molar-refractivity contribution in [3.05, 3.63) is 118 Å². The predicted molar refractivity (Wildman–Crippen MR) is 161 cm³/mol. The SMILES string of the molecule is CSCCC(Nc1ccc(-c2ccc(-c3c(Cc4ccccc4)oc4ccccc34)cc2)cc1[N+](=O)[O-])C(=O)O. The van der Waals surface area contributed by atoms with Crippen LogP contribution in [0, 0.1) is 10.1 Å². The largest absolute Gasteiger partial charge is 0.480 e. The summed E-state index contributed by atoms with van der Waals surface area (Å²) in [6.45, 7) is 0. The number of fused-ring (bicyclic) bond motifs is 1. The van der Waals surface area contributed by atoms with Crippen LogP contribution in [-0.2, 0) is 11.2 Å². The zero-order chi connectivity index (χ0) is 28.1. The summed E-state index contributed by atoms with van der Waals surface area (Å²) < 4.78 is 6.28. The number of furan rings is 1. The fourth-order valence-electron chi connectivity index (χ4n) is 4.81. The highest BCUT2D eigenvalue weighted by Crippen LogP contribution is 2.38. The zero-order valence-electron chi connectivity index (χ0n) is 21.9. The van der Waals surface area contributed by atoms with E-state index in [-0.39, 0.29) is 11.4 Å². The first kappa shape index (κ1) is 27.0. The Bertz CT molecular complexity index is 1650. The van der Waals surface area contributed by atoms with Gasteiger partial charge in [-0.2, -0.15) is 11.8 Å². The lowest BCUT2D eigenvalue weighted by Gasteiger charge is -2.16. The van der Waals surface area contributed by atoms with E-state index in [1.807, 2.05) is 66.9 Å². The molecule has 202 valence electrons. The molecular weight excluding hydrogens is 524 g/mol. The van der Waals surface area contributed by atoms with Crippen molar-refractivity contribution in [2.24, 2.45) is 0 Å². The molecule has 0 aliphatic carbocycles. The summed E-state index contributed by atoms with van der Waals surface area (Å²) in [6.07, 6.45) is 2.90. The summed E-state index contributed by atoms with van der Waals surface area (Å²) in [4.78, 5) is 23.1. The van der Waals surface area contributed by atoms with Gasteiger partial charge in [-0.05, 0) is 52.8 Å². The average molecular weight is 553 g/mol. The van der Waals surface area contributed by atoms with Gasteiger partial charge in [0.2, 0.25) is 0 Å². The predicted octanol–water partition coefficient (Wildman–Crippen LogP) is 7.88. The number of benzene rings is 4. The zero-order valence-corrected chi connectivity index (χ0v) is 22.7. The van der Waals surface area contributed by atoms with Crippen LogP contribution in [0.2, 0.25) is 0 Å². The maximum absolute atomic E-state index is 11.9. The highest BCUT2D eigenvalue weighted by Gasteiger charge is 2.23. The molecule has 5 aromatic rings. The average Bonchev–Trinajstić information content (AvgIpc) is 3.33. The van der Waals surface area contributed by atoms with Crippen LogP contribution in [0.3, 0.4) is 0 Å². The number of nitro groups is 1. The second-order valence-electron chi connectivity index (χ2n) is 9.44. The number of carboxylic acids is 1.